The number of hydrogen-bond acceptors (Lipinski definition) is 4. The molecule has 0 atom stereocenters. The normalized spacial score (nSPS) is 17.9. The molecule has 3 amide bonds. The van der Waals surface area contributed by atoms with Crippen LogP contribution in [0.25, 0.3) is 0 Å². The maximum absolute atomic E-state index is 12.3. The van der Waals surface area contributed by atoms with Crippen LogP contribution in [0.5, 0.6) is 0 Å². The van der Waals surface area contributed by atoms with E-state index in [-0.39, 0.29) is 36.7 Å². The van der Waals surface area contributed by atoms with Crippen LogP contribution in [0.4, 0.5) is 0 Å². The zero-order valence-electron chi connectivity index (χ0n) is 16.2. The number of carbonyl (C=O) groups is 3. The van der Waals surface area contributed by atoms with E-state index in [1.54, 1.807) is 24.3 Å². The van der Waals surface area contributed by atoms with Gasteiger partial charge in [-0.2, -0.15) is 0 Å². The van der Waals surface area contributed by atoms with E-state index in [9.17, 15) is 14.4 Å². The molecule has 1 saturated carbocycles. The third kappa shape index (κ3) is 6.31. The average Bonchev–Trinajstić information content (AvgIpc) is 2.88. The highest BCUT2D eigenvalue weighted by Gasteiger charge is 2.28. The molecular weight excluding hydrogens is 378 g/mol. The van der Waals surface area contributed by atoms with E-state index in [1.165, 1.54) is 43.4 Å². The van der Waals surface area contributed by atoms with Crippen molar-refractivity contribution in [3.63, 3.8) is 0 Å². The first-order chi connectivity index (χ1) is 13.1. The molecule has 1 aromatic rings. The largest absolute Gasteiger partial charge is 0.351 e. The topological polar surface area (TPSA) is 78.5 Å². The Morgan fingerprint density at radius 3 is 2.14 bits per heavy atom. The van der Waals surface area contributed by atoms with Crippen LogP contribution in [0.1, 0.15) is 67.3 Å². The molecule has 1 saturated heterocycles. The van der Waals surface area contributed by atoms with Gasteiger partial charge in [-0.1, -0.05) is 37.8 Å². The quantitative estimate of drug-likeness (QED) is 0.414. The van der Waals surface area contributed by atoms with Crippen molar-refractivity contribution < 1.29 is 14.4 Å². The molecule has 2 fully saturated rings. The van der Waals surface area contributed by atoms with Gasteiger partial charge in [0.15, 0.2) is 0 Å². The number of imide groups is 1. The Balaban J connectivity index is 0.00000280. The molecule has 0 spiro atoms. The van der Waals surface area contributed by atoms with E-state index in [0.29, 0.717) is 31.0 Å². The van der Waals surface area contributed by atoms with Gasteiger partial charge in [-0.3, -0.25) is 19.3 Å². The Morgan fingerprint density at radius 1 is 0.929 bits per heavy atom. The molecule has 28 heavy (non-hydrogen) atoms. The van der Waals surface area contributed by atoms with Gasteiger partial charge in [-0.25, -0.2) is 0 Å². The van der Waals surface area contributed by atoms with Crippen molar-refractivity contribution in [2.45, 2.75) is 64.0 Å². The lowest BCUT2D eigenvalue weighted by Crippen LogP contribution is -2.36. The van der Waals surface area contributed by atoms with Gasteiger partial charge in [0.05, 0.1) is 6.54 Å². The van der Waals surface area contributed by atoms with Crippen LogP contribution >= 0.6 is 12.4 Å². The number of likely N-dealkylation sites (tertiary alicyclic amines) is 1. The van der Waals surface area contributed by atoms with Crippen molar-refractivity contribution in [2.75, 3.05) is 13.1 Å². The summed E-state index contributed by atoms with van der Waals surface area (Å²) in [4.78, 5) is 36.9. The van der Waals surface area contributed by atoms with Crippen LogP contribution in [0.2, 0.25) is 0 Å². The van der Waals surface area contributed by atoms with Gasteiger partial charge in [-0.15, -0.1) is 12.4 Å². The fourth-order valence-electron chi connectivity index (χ4n) is 3.78. The first-order valence-electron chi connectivity index (χ1n) is 10.1. The molecule has 2 aliphatic rings. The van der Waals surface area contributed by atoms with E-state index in [0.717, 1.165) is 12.1 Å². The van der Waals surface area contributed by atoms with Gasteiger partial charge in [0.2, 0.25) is 11.8 Å². The van der Waals surface area contributed by atoms with Crippen molar-refractivity contribution in [1.82, 2.24) is 15.5 Å². The minimum atomic E-state index is -0.122. The highest BCUT2D eigenvalue weighted by atomic mass is 35.5. The summed E-state index contributed by atoms with van der Waals surface area (Å²) in [7, 11) is 0. The smallest absolute Gasteiger partial charge is 0.251 e. The fraction of sp³-hybridized carbons (Fsp3) is 0.571. The summed E-state index contributed by atoms with van der Waals surface area (Å²) in [6.07, 6.45) is 8.34. The molecule has 0 radical (unpaired) electrons. The molecule has 1 aromatic carbocycles. The fourth-order valence-corrected chi connectivity index (χ4v) is 3.78. The molecule has 7 heteroatoms. The Hall–Kier alpha value is -1.92. The van der Waals surface area contributed by atoms with Crippen molar-refractivity contribution in [3.05, 3.63) is 35.4 Å². The Bertz CT molecular complexity index is 654. The van der Waals surface area contributed by atoms with E-state index in [2.05, 4.69) is 10.6 Å². The third-order valence-electron chi connectivity index (χ3n) is 5.41. The first kappa shape index (κ1) is 22.4. The summed E-state index contributed by atoms with van der Waals surface area (Å²) in [5.41, 5.74) is 1.44. The van der Waals surface area contributed by atoms with Crippen molar-refractivity contribution in [3.8, 4) is 0 Å². The second-order valence-electron chi connectivity index (χ2n) is 7.47. The van der Waals surface area contributed by atoms with Gasteiger partial charge >= 0.3 is 0 Å². The summed E-state index contributed by atoms with van der Waals surface area (Å²) < 4.78 is 0. The summed E-state index contributed by atoms with van der Waals surface area (Å²) in [5.74, 6) is -0.344. The number of nitrogens with one attached hydrogen (secondary N) is 2. The molecule has 2 N–H and O–H groups in total. The molecule has 0 bridgehead atoms. The maximum atomic E-state index is 12.3. The molecule has 0 aromatic heterocycles. The third-order valence-corrected chi connectivity index (χ3v) is 5.41. The number of rotatable bonds is 7. The number of halogens is 1. The SMILES string of the molecule is Cl.O=C(NCCNC1CCCCCC1)c1ccc(CN2C(=O)CCC2=O)cc1. The first-order valence-corrected chi connectivity index (χ1v) is 10.1. The van der Waals surface area contributed by atoms with E-state index in [1.807, 2.05) is 0 Å². The highest BCUT2D eigenvalue weighted by Crippen LogP contribution is 2.17. The van der Waals surface area contributed by atoms with Gasteiger partial charge < -0.3 is 10.6 Å². The van der Waals surface area contributed by atoms with Crippen LogP contribution in [0.3, 0.4) is 0 Å². The summed E-state index contributed by atoms with van der Waals surface area (Å²) in [6, 6.07) is 7.68. The van der Waals surface area contributed by atoms with Crippen LogP contribution in [0, 0.1) is 0 Å². The molecule has 0 unspecified atom stereocenters. The van der Waals surface area contributed by atoms with Gasteiger partial charge in [0, 0.05) is 37.5 Å². The Morgan fingerprint density at radius 2 is 1.54 bits per heavy atom. The lowest BCUT2D eigenvalue weighted by atomic mass is 10.1. The molecular formula is C21H30ClN3O3. The van der Waals surface area contributed by atoms with Crippen LogP contribution in [-0.4, -0.2) is 41.8 Å². The highest BCUT2D eigenvalue weighted by molar-refractivity contribution is 6.01. The molecule has 3 rings (SSSR count). The minimum Gasteiger partial charge on any atom is -0.351 e. The number of benzene rings is 1. The second-order valence-corrected chi connectivity index (χ2v) is 7.47. The lowest BCUT2D eigenvalue weighted by Gasteiger charge is -2.16. The maximum Gasteiger partial charge on any atom is 0.251 e. The second kappa shape index (κ2) is 11.2. The number of nitrogens with zero attached hydrogens (tertiary/aromatic N) is 1. The van der Waals surface area contributed by atoms with Crippen molar-refractivity contribution >= 4 is 30.1 Å². The van der Waals surface area contributed by atoms with Gasteiger partial charge in [-0.05, 0) is 30.5 Å². The minimum absolute atomic E-state index is 0. The van der Waals surface area contributed by atoms with E-state index in [4.69, 9.17) is 0 Å². The predicted octanol–water partition coefficient (Wildman–Crippen LogP) is 2.80. The molecule has 1 aliphatic heterocycles. The zero-order valence-corrected chi connectivity index (χ0v) is 17.1. The standard InChI is InChI=1S/C21H29N3O3.ClH/c25-19-11-12-20(26)24(19)15-16-7-9-17(10-8-16)21(27)23-14-13-22-18-5-3-1-2-4-6-18;/h7-10,18,22H,1-6,11-15H2,(H,23,27);1H. The molecule has 6 nitrogen and oxygen atoms in total. The zero-order chi connectivity index (χ0) is 19.1. The summed E-state index contributed by atoms with van der Waals surface area (Å²) in [6.45, 7) is 1.67. The summed E-state index contributed by atoms with van der Waals surface area (Å²) >= 11 is 0. The van der Waals surface area contributed by atoms with Crippen LogP contribution in [0.15, 0.2) is 24.3 Å². The number of carbonyl (C=O) groups excluding carboxylic acids is 3. The van der Waals surface area contributed by atoms with Crippen molar-refractivity contribution in [2.24, 2.45) is 0 Å². The average molecular weight is 408 g/mol. The Labute approximate surface area is 172 Å². The van der Waals surface area contributed by atoms with Crippen molar-refractivity contribution in [1.29, 1.82) is 0 Å². The van der Waals surface area contributed by atoms with E-state index >= 15 is 0 Å². The number of hydrogen-bond donors (Lipinski definition) is 2. The van der Waals surface area contributed by atoms with E-state index < -0.39 is 0 Å². The molecule has 154 valence electrons. The monoisotopic (exact) mass is 407 g/mol. The molecule has 1 heterocycles. The number of amides is 3. The van der Waals surface area contributed by atoms with Gasteiger partial charge in [0.1, 0.15) is 0 Å². The molecule has 1 aliphatic carbocycles. The van der Waals surface area contributed by atoms with Crippen LogP contribution in [-0.2, 0) is 16.1 Å². The predicted molar refractivity (Wildman–Crippen MR) is 110 cm³/mol. The summed E-state index contributed by atoms with van der Waals surface area (Å²) in [5, 5.41) is 6.48. The van der Waals surface area contributed by atoms with Crippen LogP contribution < -0.4 is 10.6 Å². The van der Waals surface area contributed by atoms with Gasteiger partial charge in [0.25, 0.3) is 5.91 Å². The Kier molecular flexibility index (Phi) is 8.93. The lowest BCUT2D eigenvalue weighted by molar-refractivity contribution is -0.139.